The summed E-state index contributed by atoms with van der Waals surface area (Å²) in [6, 6.07) is 8.36. The van der Waals surface area contributed by atoms with Gasteiger partial charge in [-0.3, -0.25) is 0 Å². The van der Waals surface area contributed by atoms with Crippen LogP contribution in [0, 0.1) is 38.5 Å². The quantitative estimate of drug-likeness (QED) is 0.358. The number of aliphatic imine (C=N–C) groups is 1. The second kappa shape index (κ2) is 7.36. The third-order valence-electron chi connectivity index (χ3n) is 5.15. The number of rotatable bonds is 1. The first-order valence-corrected chi connectivity index (χ1v) is 9.23. The molecule has 3 rings (SSSR count). The van der Waals surface area contributed by atoms with Crippen molar-refractivity contribution >= 4 is 23.1 Å². The maximum absolute atomic E-state index is 4.68. The summed E-state index contributed by atoms with van der Waals surface area (Å²) in [6.45, 7) is 8.78. The Labute approximate surface area is 156 Å². The fourth-order valence-electron chi connectivity index (χ4n) is 3.74. The van der Waals surface area contributed by atoms with Crippen molar-refractivity contribution < 1.29 is 0 Å². The van der Waals surface area contributed by atoms with Crippen LogP contribution in [0.1, 0.15) is 52.3 Å². The van der Waals surface area contributed by atoms with Gasteiger partial charge < -0.3 is 0 Å². The Hall–Kier alpha value is -2.20. The minimum absolute atomic E-state index is 0.791. The molecule has 1 atom stereocenters. The molecule has 1 unspecified atom stereocenters. The fourth-order valence-corrected chi connectivity index (χ4v) is 3.84. The summed E-state index contributed by atoms with van der Waals surface area (Å²) in [7, 11) is 0. The summed E-state index contributed by atoms with van der Waals surface area (Å²) in [4.78, 5) is 4.06. The van der Waals surface area contributed by atoms with Crippen LogP contribution in [0.2, 0.25) is 0 Å². The van der Waals surface area contributed by atoms with E-state index in [0.29, 0.717) is 0 Å². The number of isothiocyanates is 1. The molecule has 0 aromatic heterocycles. The van der Waals surface area contributed by atoms with E-state index >= 15 is 0 Å². The SMILES string of the molecule is Cc1cc(C#Cc2c(C)cc3c(c2C)CCC(C)C3)ccc1N=C=S. The average molecular weight is 346 g/mol. The summed E-state index contributed by atoms with van der Waals surface area (Å²) in [5, 5.41) is 2.42. The molecule has 0 saturated carbocycles. The third-order valence-corrected chi connectivity index (χ3v) is 5.24. The van der Waals surface area contributed by atoms with Crippen molar-refractivity contribution in [1.29, 1.82) is 0 Å². The fraction of sp³-hybridized carbons (Fsp3) is 0.348. The van der Waals surface area contributed by atoms with Crippen LogP contribution in [-0.4, -0.2) is 5.16 Å². The topological polar surface area (TPSA) is 12.4 Å². The van der Waals surface area contributed by atoms with Crippen LogP contribution in [0.3, 0.4) is 0 Å². The van der Waals surface area contributed by atoms with Crippen LogP contribution < -0.4 is 0 Å². The number of aryl methyl sites for hydroxylation is 2. The van der Waals surface area contributed by atoms with Crippen molar-refractivity contribution in [2.24, 2.45) is 10.9 Å². The molecule has 25 heavy (non-hydrogen) atoms. The first-order valence-electron chi connectivity index (χ1n) is 8.82. The minimum Gasteiger partial charge on any atom is -0.194 e. The zero-order chi connectivity index (χ0) is 18.0. The molecule has 0 spiro atoms. The predicted molar refractivity (Wildman–Crippen MR) is 109 cm³/mol. The third kappa shape index (κ3) is 3.74. The molecular weight excluding hydrogens is 322 g/mol. The van der Waals surface area contributed by atoms with Crippen LogP contribution in [0.15, 0.2) is 29.3 Å². The number of nitrogens with zero attached hydrogens (tertiary/aromatic N) is 1. The number of thiocarbonyl (C=S) groups is 1. The molecule has 1 aliphatic carbocycles. The van der Waals surface area contributed by atoms with Gasteiger partial charge >= 0.3 is 0 Å². The van der Waals surface area contributed by atoms with Gasteiger partial charge in [0, 0.05) is 11.1 Å². The summed E-state index contributed by atoms with van der Waals surface area (Å²) >= 11 is 4.68. The summed E-state index contributed by atoms with van der Waals surface area (Å²) < 4.78 is 0. The van der Waals surface area contributed by atoms with Gasteiger partial charge in [-0.05, 0) is 104 Å². The molecule has 2 aromatic carbocycles. The van der Waals surface area contributed by atoms with E-state index in [1.54, 1.807) is 0 Å². The molecule has 0 N–H and O–H groups in total. The summed E-state index contributed by atoms with van der Waals surface area (Å²) in [5.41, 5.74) is 9.82. The van der Waals surface area contributed by atoms with Gasteiger partial charge in [0.2, 0.25) is 0 Å². The largest absolute Gasteiger partial charge is 0.194 e. The minimum atomic E-state index is 0.791. The highest BCUT2D eigenvalue weighted by Crippen LogP contribution is 2.31. The van der Waals surface area contributed by atoms with Gasteiger partial charge in [-0.25, -0.2) is 0 Å². The van der Waals surface area contributed by atoms with Crippen LogP contribution >= 0.6 is 12.2 Å². The lowest BCUT2D eigenvalue weighted by molar-refractivity contribution is 0.499. The molecule has 0 radical (unpaired) electrons. The lowest BCUT2D eigenvalue weighted by Crippen LogP contribution is -2.14. The maximum atomic E-state index is 4.68. The van der Waals surface area contributed by atoms with E-state index in [1.807, 2.05) is 19.1 Å². The first kappa shape index (κ1) is 17.6. The van der Waals surface area contributed by atoms with E-state index in [1.165, 1.54) is 47.1 Å². The molecule has 0 saturated heterocycles. The van der Waals surface area contributed by atoms with E-state index in [9.17, 15) is 0 Å². The highest BCUT2D eigenvalue weighted by molar-refractivity contribution is 7.78. The van der Waals surface area contributed by atoms with Crippen LogP contribution in [0.5, 0.6) is 0 Å². The molecule has 1 aliphatic rings. The van der Waals surface area contributed by atoms with Crippen molar-refractivity contribution in [2.75, 3.05) is 0 Å². The van der Waals surface area contributed by atoms with Crippen molar-refractivity contribution in [3.8, 4) is 11.8 Å². The Kier molecular flexibility index (Phi) is 5.19. The van der Waals surface area contributed by atoms with Crippen LogP contribution in [0.4, 0.5) is 5.69 Å². The molecule has 2 aromatic rings. The van der Waals surface area contributed by atoms with Crippen LogP contribution in [-0.2, 0) is 12.8 Å². The van der Waals surface area contributed by atoms with Gasteiger partial charge in [0.15, 0.2) is 0 Å². The number of benzene rings is 2. The molecule has 0 heterocycles. The average Bonchev–Trinajstić information content (AvgIpc) is 2.56. The highest BCUT2D eigenvalue weighted by Gasteiger charge is 2.19. The van der Waals surface area contributed by atoms with Crippen molar-refractivity contribution in [3.63, 3.8) is 0 Å². The van der Waals surface area contributed by atoms with E-state index in [0.717, 1.165) is 22.7 Å². The van der Waals surface area contributed by atoms with E-state index in [-0.39, 0.29) is 0 Å². The Balaban J connectivity index is 1.98. The molecule has 0 aliphatic heterocycles. The molecule has 0 fully saturated rings. The Bertz CT molecular complexity index is 937. The lowest BCUT2D eigenvalue weighted by Gasteiger charge is -2.25. The summed E-state index contributed by atoms with van der Waals surface area (Å²) in [6.07, 6.45) is 3.66. The molecule has 0 amide bonds. The van der Waals surface area contributed by atoms with Crippen molar-refractivity contribution in [2.45, 2.75) is 47.0 Å². The van der Waals surface area contributed by atoms with Gasteiger partial charge in [-0.1, -0.05) is 24.8 Å². The number of hydrogen-bond donors (Lipinski definition) is 0. The van der Waals surface area contributed by atoms with E-state index in [4.69, 9.17) is 0 Å². The Morgan fingerprint density at radius 2 is 1.88 bits per heavy atom. The van der Waals surface area contributed by atoms with Gasteiger partial charge in [-0.2, -0.15) is 4.99 Å². The zero-order valence-electron chi connectivity index (χ0n) is 15.4. The number of fused-ring (bicyclic) bond motifs is 1. The smallest absolute Gasteiger partial charge is 0.0769 e. The lowest BCUT2D eigenvalue weighted by atomic mass is 9.80. The Morgan fingerprint density at radius 1 is 1.08 bits per heavy atom. The van der Waals surface area contributed by atoms with Gasteiger partial charge in [-0.15, -0.1) is 0 Å². The maximum Gasteiger partial charge on any atom is 0.0769 e. The zero-order valence-corrected chi connectivity index (χ0v) is 16.2. The van der Waals surface area contributed by atoms with Gasteiger partial charge in [0.25, 0.3) is 0 Å². The normalized spacial score (nSPS) is 15.6. The molecule has 126 valence electrons. The Morgan fingerprint density at radius 3 is 2.60 bits per heavy atom. The van der Waals surface area contributed by atoms with E-state index in [2.05, 4.69) is 67.1 Å². The molecule has 0 bridgehead atoms. The summed E-state index contributed by atoms with van der Waals surface area (Å²) in [5.74, 6) is 7.54. The molecule has 2 heteroatoms. The van der Waals surface area contributed by atoms with Crippen LogP contribution in [0.25, 0.3) is 0 Å². The van der Waals surface area contributed by atoms with E-state index < -0.39 is 0 Å². The monoisotopic (exact) mass is 345 g/mol. The van der Waals surface area contributed by atoms with Crippen molar-refractivity contribution in [3.05, 3.63) is 63.2 Å². The first-order chi connectivity index (χ1) is 12.0. The second-order valence-electron chi connectivity index (χ2n) is 7.13. The van der Waals surface area contributed by atoms with Crippen molar-refractivity contribution in [1.82, 2.24) is 0 Å². The predicted octanol–water partition coefficient (Wildman–Crippen LogP) is 5.87. The second-order valence-corrected chi connectivity index (χ2v) is 7.32. The molecular formula is C23H23NS. The number of hydrogen-bond acceptors (Lipinski definition) is 2. The molecule has 1 nitrogen and oxygen atoms in total. The van der Waals surface area contributed by atoms with Gasteiger partial charge in [0.1, 0.15) is 0 Å². The van der Waals surface area contributed by atoms with Gasteiger partial charge in [0.05, 0.1) is 10.8 Å². The standard InChI is InChI=1S/C23H23NS/c1-15-5-8-22-18(4)21(16(2)13-20(22)11-15)9-6-19-7-10-23(24-14-25)17(3)12-19/h7,10,12-13,15H,5,8,11H2,1-4H3. The highest BCUT2D eigenvalue weighted by atomic mass is 32.1.